The normalized spacial score (nSPS) is 12.0. The van der Waals surface area contributed by atoms with Gasteiger partial charge >= 0.3 is 0 Å². The molecule has 0 spiro atoms. The average Bonchev–Trinajstić information content (AvgIpc) is 3.00. The number of hydrogen-bond acceptors (Lipinski definition) is 4. The molecule has 1 heterocycles. The summed E-state index contributed by atoms with van der Waals surface area (Å²) in [6, 6.07) is 8.06. The number of rotatable bonds is 5. The fraction of sp³-hybridized carbons (Fsp3) is 0.188. The van der Waals surface area contributed by atoms with E-state index in [9.17, 15) is 13.2 Å². The average molecular weight is 334 g/mol. The molecule has 122 valence electrons. The van der Waals surface area contributed by atoms with Crippen LogP contribution in [0.2, 0.25) is 0 Å². The van der Waals surface area contributed by atoms with E-state index in [1.165, 1.54) is 44.6 Å². The van der Waals surface area contributed by atoms with Gasteiger partial charge < -0.3 is 9.73 Å². The molecule has 0 aliphatic carbocycles. The summed E-state index contributed by atoms with van der Waals surface area (Å²) < 4.78 is 30.5. The monoisotopic (exact) mass is 334 g/mol. The fourth-order valence-corrected chi connectivity index (χ4v) is 2.75. The molecule has 0 saturated carbocycles. The number of carbonyl (C=O) groups excluding carboxylic acids is 1. The van der Waals surface area contributed by atoms with Gasteiger partial charge in [0.25, 0.3) is 0 Å². The Kier molecular flexibility index (Phi) is 5.02. The van der Waals surface area contributed by atoms with Crippen molar-refractivity contribution in [1.82, 2.24) is 4.31 Å². The van der Waals surface area contributed by atoms with Crippen molar-refractivity contribution in [3.63, 3.8) is 0 Å². The van der Waals surface area contributed by atoms with Crippen LogP contribution >= 0.6 is 0 Å². The summed E-state index contributed by atoms with van der Waals surface area (Å²) in [5.74, 6) is 0.185. The first kappa shape index (κ1) is 17.0. The van der Waals surface area contributed by atoms with Gasteiger partial charge in [-0.2, -0.15) is 0 Å². The zero-order chi connectivity index (χ0) is 17.0. The van der Waals surface area contributed by atoms with Crippen molar-refractivity contribution in [2.45, 2.75) is 11.8 Å². The first-order valence-corrected chi connectivity index (χ1v) is 8.30. The number of furan rings is 1. The van der Waals surface area contributed by atoms with Gasteiger partial charge in [-0.3, -0.25) is 4.79 Å². The van der Waals surface area contributed by atoms with Crippen molar-refractivity contribution in [2.75, 3.05) is 19.4 Å². The fourth-order valence-electron chi connectivity index (χ4n) is 1.83. The van der Waals surface area contributed by atoms with Crippen LogP contribution in [-0.4, -0.2) is 32.7 Å². The summed E-state index contributed by atoms with van der Waals surface area (Å²) in [5.41, 5.74) is 1.21. The van der Waals surface area contributed by atoms with Gasteiger partial charge in [-0.1, -0.05) is 6.07 Å². The van der Waals surface area contributed by atoms with Crippen molar-refractivity contribution in [3.05, 3.63) is 54.0 Å². The zero-order valence-electron chi connectivity index (χ0n) is 13.1. The third-order valence-corrected chi connectivity index (χ3v) is 5.00. The Hall–Kier alpha value is -2.38. The largest absolute Gasteiger partial charge is 0.465 e. The zero-order valence-corrected chi connectivity index (χ0v) is 13.9. The van der Waals surface area contributed by atoms with E-state index in [1.54, 1.807) is 25.1 Å². The van der Waals surface area contributed by atoms with Crippen LogP contribution in [0.1, 0.15) is 11.3 Å². The molecular weight excluding hydrogens is 316 g/mol. The van der Waals surface area contributed by atoms with Gasteiger partial charge in [0.15, 0.2) is 0 Å². The van der Waals surface area contributed by atoms with Gasteiger partial charge in [-0.25, -0.2) is 12.7 Å². The van der Waals surface area contributed by atoms with Crippen LogP contribution in [0.25, 0.3) is 6.08 Å². The molecule has 2 rings (SSSR count). The van der Waals surface area contributed by atoms with E-state index in [4.69, 9.17) is 4.42 Å². The second-order valence-electron chi connectivity index (χ2n) is 5.10. The molecular formula is C16H18N2O4S. The van der Waals surface area contributed by atoms with Gasteiger partial charge in [-0.15, -0.1) is 0 Å². The summed E-state index contributed by atoms with van der Waals surface area (Å²) in [4.78, 5) is 12.1. The molecule has 0 saturated heterocycles. The Morgan fingerprint density at radius 3 is 2.61 bits per heavy atom. The molecule has 0 bridgehead atoms. The molecule has 1 N–H and O–H groups in total. The molecule has 0 atom stereocenters. The summed E-state index contributed by atoms with van der Waals surface area (Å²) in [5, 5.41) is 2.67. The van der Waals surface area contributed by atoms with Gasteiger partial charge in [0.2, 0.25) is 15.9 Å². The minimum atomic E-state index is -3.55. The van der Waals surface area contributed by atoms with E-state index in [-0.39, 0.29) is 10.8 Å². The van der Waals surface area contributed by atoms with Crippen molar-refractivity contribution in [2.24, 2.45) is 0 Å². The number of hydrogen-bond donors (Lipinski definition) is 1. The third kappa shape index (κ3) is 4.08. The number of aryl methyl sites for hydroxylation is 1. The quantitative estimate of drug-likeness (QED) is 0.852. The Morgan fingerprint density at radius 1 is 1.26 bits per heavy atom. The summed E-state index contributed by atoms with van der Waals surface area (Å²) >= 11 is 0. The third-order valence-electron chi connectivity index (χ3n) is 3.19. The Labute approximate surface area is 135 Å². The van der Waals surface area contributed by atoms with Gasteiger partial charge in [-0.05, 0) is 42.8 Å². The molecule has 0 aliphatic heterocycles. The lowest BCUT2D eigenvalue weighted by atomic mass is 10.2. The molecule has 0 aliphatic rings. The van der Waals surface area contributed by atoms with E-state index in [0.717, 1.165) is 9.87 Å². The van der Waals surface area contributed by atoms with Crippen LogP contribution in [0.15, 0.2) is 52.0 Å². The van der Waals surface area contributed by atoms with Crippen LogP contribution in [-0.2, 0) is 14.8 Å². The SMILES string of the molecule is Cc1ccc(S(=O)(=O)N(C)C)cc1NC(=O)/C=C/c1ccco1. The number of nitrogens with zero attached hydrogens (tertiary/aromatic N) is 1. The minimum absolute atomic E-state index is 0.124. The summed E-state index contributed by atoms with van der Waals surface area (Å²) in [6.07, 6.45) is 4.37. The molecule has 1 amide bonds. The maximum Gasteiger partial charge on any atom is 0.248 e. The Bertz CT molecular complexity index is 822. The number of carbonyl (C=O) groups is 1. The highest BCUT2D eigenvalue weighted by Gasteiger charge is 2.18. The number of nitrogens with one attached hydrogen (secondary N) is 1. The standard InChI is InChI=1S/C16H18N2O4S/c1-12-6-8-14(23(20,21)18(2)3)11-15(12)17-16(19)9-7-13-5-4-10-22-13/h4-11H,1-3H3,(H,17,19)/b9-7+. The molecule has 23 heavy (non-hydrogen) atoms. The number of anilines is 1. The maximum absolute atomic E-state index is 12.1. The first-order chi connectivity index (χ1) is 10.8. The molecule has 1 aromatic heterocycles. The first-order valence-electron chi connectivity index (χ1n) is 6.86. The van der Waals surface area contributed by atoms with Crippen molar-refractivity contribution < 1.29 is 17.6 Å². The lowest BCUT2D eigenvalue weighted by molar-refractivity contribution is -0.111. The molecule has 7 heteroatoms. The molecule has 1 aromatic carbocycles. The minimum Gasteiger partial charge on any atom is -0.465 e. The highest BCUT2D eigenvalue weighted by atomic mass is 32.2. The molecule has 0 fully saturated rings. The molecule has 6 nitrogen and oxygen atoms in total. The highest BCUT2D eigenvalue weighted by molar-refractivity contribution is 7.89. The lowest BCUT2D eigenvalue weighted by Crippen LogP contribution is -2.22. The van der Waals surface area contributed by atoms with Crippen LogP contribution in [0.4, 0.5) is 5.69 Å². The summed E-state index contributed by atoms with van der Waals surface area (Å²) in [6.45, 7) is 1.79. The number of amides is 1. The van der Waals surface area contributed by atoms with Gasteiger partial charge in [0.05, 0.1) is 11.2 Å². The van der Waals surface area contributed by atoms with E-state index >= 15 is 0 Å². The van der Waals surface area contributed by atoms with Gasteiger partial charge in [0.1, 0.15) is 5.76 Å². The van der Waals surface area contributed by atoms with E-state index in [1.807, 2.05) is 0 Å². The number of sulfonamides is 1. The topological polar surface area (TPSA) is 79.6 Å². The van der Waals surface area contributed by atoms with Crippen molar-refractivity contribution in [3.8, 4) is 0 Å². The predicted molar refractivity (Wildman–Crippen MR) is 88.4 cm³/mol. The van der Waals surface area contributed by atoms with Crippen molar-refractivity contribution in [1.29, 1.82) is 0 Å². The maximum atomic E-state index is 12.1. The van der Waals surface area contributed by atoms with E-state index < -0.39 is 10.0 Å². The molecule has 2 aromatic rings. The Balaban J connectivity index is 2.21. The Morgan fingerprint density at radius 2 is 2.00 bits per heavy atom. The predicted octanol–water partition coefficient (Wildman–Crippen LogP) is 2.49. The molecule has 0 radical (unpaired) electrons. The highest BCUT2D eigenvalue weighted by Crippen LogP contribution is 2.22. The van der Waals surface area contributed by atoms with E-state index in [2.05, 4.69) is 5.32 Å². The van der Waals surface area contributed by atoms with Crippen LogP contribution in [0.5, 0.6) is 0 Å². The second-order valence-corrected chi connectivity index (χ2v) is 7.25. The molecule has 0 unspecified atom stereocenters. The van der Waals surface area contributed by atoms with Crippen molar-refractivity contribution >= 4 is 27.7 Å². The number of benzene rings is 1. The van der Waals surface area contributed by atoms with Crippen LogP contribution < -0.4 is 5.32 Å². The van der Waals surface area contributed by atoms with Crippen LogP contribution in [0.3, 0.4) is 0 Å². The second kappa shape index (κ2) is 6.80. The summed E-state index contributed by atoms with van der Waals surface area (Å²) in [7, 11) is -0.635. The van der Waals surface area contributed by atoms with E-state index in [0.29, 0.717) is 11.4 Å². The smallest absolute Gasteiger partial charge is 0.248 e. The van der Waals surface area contributed by atoms with Crippen LogP contribution in [0, 0.1) is 6.92 Å². The lowest BCUT2D eigenvalue weighted by Gasteiger charge is -2.14. The van der Waals surface area contributed by atoms with Gasteiger partial charge in [0, 0.05) is 25.9 Å².